The molecule has 2 rings (SSSR count). The molecule has 26 heavy (non-hydrogen) atoms. The number of carbonyl (C=O) groups is 2. The molecule has 1 aliphatic heterocycles. The standard InChI is InChI=1S/C18H25ClFN3O2.ClH/c1-3-18(4-2,12-21)17(25)23-9-7-22(8-10-23)16(24)14-6-5-13(19)11-15(14)20;/h5-6,11H,3-4,7-10,12,21H2,1-2H3;1H. The number of rotatable bonds is 5. The number of carbonyl (C=O) groups excluding carboxylic acids is 2. The smallest absolute Gasteiger partial charge is 0.256 e. The summed E-state index contributed by atoms with van der Waals surface area (Å²) >= 11 is 5.73. The zero-order valence-electron chi connectivity index (χ0n) is 15.1. The Balaban J connectivity index is 0.00000338. The van der Waals surface area contributed by atoms with Gasteiger partial charge in [-0.3, -0.25) is 9.59 Å². The molecule has 0 radical (unpaired) electrons. The van der Waals surface area contributed by atoms with E-state index >= 15 is 0 Å². The van der Waals surface area contributed by atoms with Crippen molar-refractivity contribution < 1.29 is 14.0 Å². The second-order valence-electron chi connectivity index (χ2n) is 6.40. The third-order valence-corrected chi connectivity index (χ3v) is 5.45. The van der Waals surface area contributed by atoms with E-state index in [1.807, 2.05) is 13.8 Å². The zero-order chi connectivity index (χ0) is 18.6. The molecule has 0 bridgehead atoms. The van der Waals surface area contributed by atoms with Crippen LogP contribution in [0, 0.1) is 11.2 Å². The van der Waals surface area contributed by atoms with E-state index in [2.05, 4.69) is 0 Å². The molecule has 2 N–H and O–H groups in total. The summed E-state index contributed by atoms with van der Waals surface area (Å²) in [6, 6.07) is 4.02. The van der Waals surface area contributed by atoms with E-state index in [9.17, 15) is 14.0 Å². The summed E-state index contributed by atoms with van der Waals surface area (Å²) < 4.78 is 13.9. The summed E-state index contributed by atoms with van der Waals surface area (Å²) in [6.45, 7) is 5.87. The highest BCUT2D eigenvalue weighted by molar-refractivity contribution is 6.30. The van der Waals surface area contributed by atoms with Gasteiger partial charge in [0.1, 0.15) is 5.82 Å². The third-order valence-electron chi connectivity index (χ3n) is 5.21. The molecule has 5 nitrogen and oxygen atoms in total. The molecule has 1 fully saturated rings. The van der Waals surface area contributed by atoms with Crippen molar-refractivity contribution in [2.45, 2.75) is 26.7 Å². The molecule has 0 atom stereocenters. The molecule has 146 valence electrons. The lowest BCUT2D eigenvalue weighted by Crippen LogP contribution is -2.55. The van der Waals surface area contributed by atoms with Crippen LogP contribution in [0.2, 0.25) is 5.02 Å². The fraction of sp³-hybridized carbons (Fsp3) is 0.556. The van der Waals surface area contributed by atoms with Gasteiger partial charge in [0.15, 0.2) is 0 Å². The van der Waals surface area contributed by atoms with E-state index in [0.29, 0.717) is 45.6 Å². The molecule has 1 aromatic carbocycles. The minimum atomic E-state index is -0.630. The lowest BCUT2D eigenvalue weighted by molar-refractivity contribution is -0.143. The Morgan fingerprint density at radius 2 is 1.69 bits per heavy atom. The molecule has 8 heteroatoms. The van der Waals surface area contributed by atoms with Gasteiger partial charge < -0.3 is 15.5 Å². The van der Waals surface area contributed by atoms with Crippen molar-refractivity contribution >= 4 is 35.8 Å². The number of amides is 2. The van der Waals surface area contributed by atoms with E-state index < -0.39 is 11.2 Å². The van der Waals surface area contributed by atoms with Gasteiger partial charge in [-0.05, 0) is 31.0 Å². The first kappa shape index (κ1) is 22.7. The summed E-state index contributed by atoms with van der Waals surface area (Å²) in [5.41, 5.74) is 5.32. The highest BCUT2D eigenvalue weighted by Crippen LogP contribution is 2.28. The quantitative estimate of drug-likeness (QED) is 0.818. The van der Waals surface area contributed by atoms with Gasteiger partial charge in [-0.2, -0.15) is 0 Å². The van der Waals surface area contributed by atoms with Crippen LogP contribution in [0.5, 0.6) is 0 Å². The Bertz CT molecular complexity index is 637. The number of piperazine rings is 1. The Kier molecular flexibility index (Phi) is 8.31. The van der Waals surface area contributed by atoms with Crippen molar-refractivity contribution in [1.29, 1.82) is 0 Å². The Morgan fingerprint density at radius 1 is 1.15 bits per heavy atom. The van der Waals surface area contributed by atoms with Crippen molar-refractivity contribution in [1.82, 2.24) is 9.80 Å². The van der Waals surface area contributed by atoms with Crippen LogP contribution in [-0.4, -0.2) is 54.3 Å². The topological polar surface area (TPSA) is 66.6 Å². The molecule has 1 saturated heterocycles. The number of nitrogens with two attached hydrogens (primary N) is 1. The number of halogens is 3. The van der Waals surface area contributed by atoms with Gasteiger partial charge in [0.2, 0.25) is 5.91 Å². The normalized spacial score (nSPS) is 14.8. The molecule has 0 aromatic heterocycles. The zero-order valence-corrected chi connectivity index (χ0v) is 16.7. The summed E-state index contributed by atoms with van der Waals surface area (Å²) in [5, 5.41) is 0.252. The first-order chi connectivity index (χ1) is 11.9. The van der Waals surface area contributed by atoms with Crippen LogP contribution < -0.4 is 5.73 Å². The Labute approximate surface area is 165 Å². The van der Waals surface area contributed by atoms with Gasteiger partial charge in [-0.1, -0.05) is 25.4 Å². The largest absolute Gasteiger partial charge is 0.339 e. The first-order valence-electron chi connectivity index (χ1n) is 8.62. The van der Waals surface area contributed by atoms with E-state index in [1.165, 1.54) is 12.1 Å². The van der Waals surface area contributed by atoms with Crippen LogP contribution >= 0.6 is 24.0 Å². The van der Waals surface area contributed by atoms with Crippen LogP contribution in [0.1, 0.15) is 37.0 Å². The molecular weight excluding hydrogens is 380 g/mol. The van der Waals surface area contributed by atoms with Crippen LogP contribution in [0.4, 0.5) is 4.39 Å². The van der Waals surface area contributed by atoms with E-state index in [4.69, 9.17) is 17.3 Å². The predicted octanol–water partition coefficient (Wildman–Crippen LogP) is 2.95. The van der Waals surface area contributed by atoms with Crippen molar-refractivity contribution in [3.05, 3.63) is 34.6 Å². The molecule has 0 aliphatic carbocycles. The minimum Gasteiger partial charge on any atom is -0.339 e. The fourth-order valence-corrected chi connectivity index (χ4v) is 3.37. The molecule has 0 saturated carbocycles. The van der Waals surface area contributed by atoms with Gasteiger partial charge in [-0.15, -0.1) is 12.4 Å². The third kappa shape index (κ3) is 4.48. The summed E-state index contributed by atoms with van der Waals surface area (Å²) in [4.78, 5) is 28.6. The predicted molar refractivity (Wildman–Crippen MR) is 103 cm³/mol. The van der Waals surface area contributed by atoms with Crippen LogP contribution in [0.15, 0.2) is 18.2 Å². The Morgan fingerprint density at radius 3 is 2.15 bits per heavy atom. The number of nitrogens with zero attached hydrogens (tertiary/aromatic N) is 2. The van der Waals surface area contributed by atoms with Gasteiger partial charge >= 0.3 is 0 Å². The molecule has 1 heterocycles. The van der Waals surface area contributed by atoms with Gasteiger partial charge in [0.05, 0.1) is 11.0 Å². The fourth-order valence-electron chi connectivity index (χ4n) is 3.21. The highest BCUT2D eigenvalue weighted by atomic mass is 35.5. The summed E-state index contributed by atoms with van der Waals surface area (Å²) in [7, 11) is 0. The van der Waals surface area contributed by atoms with Gasteiger partial charge in [-0.25, -0.2) is 4.39 Å². The molecule has 1 aliphatic rings. The lowest BCUT2D eigenvalue weighted by atomic mass is 9.81. The number of benzene rings is 1. The summed E-state index contributed by atoms with van der Waals surface area (Å²) in [5.74, 6) is -0.961. The van der Waals surface area contributed by atoms with Crippen LogP contribution in [0.25, 0.3) is 0 Å². The molecule has 0 unspecified atom stereocenters. The molecule has 0 spiro atoms. The van der Waals surface area contributed by atoms with Gasteiger partial charge in [0.25, 0.3) is 5.91 Å². The molecule has 1 aromatic rings. The maximum atomic E-state index is 13.9. The van der Waals surface area contributed by atoms with Gasteiger partial charge in [0, 0.05) is 37.7 Å². The average molecular weight is 406 g/mol. The number of hydrogen-bond acceptors (Lipinski definition) is 3. The first-order valence-corrected chi connectivity index (χ1v) is 9.00. The molecular formula is C18H26Cl2FN3O2. The molecule has 2 amide bonds. The van der Waals surface area contributed by atoms with Crippen molar-refractivity contribution in [3.63, 3.8) is 0 Å². The number of hydrogen-bond donors (Lipinski definition) is 1. The Hall–Kier alpha value is -1.37. The average Bonchev–Trinajstić information content (AvgIpc) is 2.63. The SMILES string of the molecule is CCC(CC)(CN)C(=O)N1CCN(C(=O)c2ccc(Cl)cc2F)CC1.Cl. The monoisotopic (exact) mass is 405 g/mol. The van der Waals surface area contributed by atoms with Crippen molar-refractivity contribution in [3.8, 4) is 0 Å². The van der Waals surface area contributed by atoms with E-state index in [1.54, 1.807) is 9.80 Å². The van der Waals surface area contributed by atoms with Crippen LogP contribution in [-0.2, 0) is 4.79 Å². The van der Waals surface area contributed by atoms with Crippen LogP contribution in [0.3, 0.4) is 0 Å². The van der Waals surface area contributed by atoms with E-state index in [0.717, 1.165) is 6.07 Å². The second-order valence-corrected chi connectivity index (χ2v) is 6.84. The van der Waals surface area contributed by atoms with E-state index in [-0.39, 0.29) is 34.8 Å². The van der Waals surface area contributed by atoms with Crippen molar-refractivity contribution in [2.75, 3.05) is 32.7 Å². The minimum absolute atomic E-state index is 0. The summed E-state index contributed by atoms with van der Waals surface area (Å²) in [6.07, 6.45) is 1.38. The second kappa shape index (κ2) is 9.53. The maximum Gasteiger partial charge on any atom is 0.256 e. The maximum absolute atomic E-state index is 13.9. The highest BCUT2D eigenvalue weighted by Gasteiger charge is 2.38. The lowest BCUT2D eigenvalue weighted by Gasteiger charge is -2.40. The van der Waals surface area contributed by atoms with Crippen molar-refractivity contribution in [2.24, 2.45) is 11.1 Å².